The van der Waals surface area contributed by atoms with E-state index >= 15 is 0 Å². The highest BCUT2D eigenvalue weighted by molar-refractivity contribution is 9.10. The summed E-state index contributed by atoms with van der Waals surface area (Å²) in [6.07, 6.45) is 8.95. The second-order valence-electron chi connectivity index (χ2n) is 4.88. The van der Waals surface area contributed by atoms with Crippen LogP contribution in [0.25, 0.3) is 0 Å². The lowest BCUT2D eigenvalue weighted by Gasteiger charge is -2.18. The van der Waals surface area contributed by atoms with Crippen molar-refractivity contribution in [2.24, 2.45) is 0 Å². The Morgan fingerprint density at radius 1 is 1.50 bits per heavy atom. The van der Waals surface area contributed by atoms with E-state index in [0.717, 1.165) is 19.3 Å². The van der Waals surface area contributed by atoms with Crippen LogP contribution in [0.4, 0.5) is 0 Å². The molecule has 0 spiro atoms. The SMILES string of the molecule is O=C(O)C(CCC1=CCCCC1)Oc1cccnc1Br. The van der Waals surface area contributed by atoms with Crippen molar-refractivity contribution in [3.63, 3.8) is 0 Å². The summed E-state index contributed by atoms with van der Waals surface area (Å²) in [5, 5.41) is 9.27. The van der Waals surface area contributed by atoms with Crippen LogP contribution in [0.15, 0.2) is 34.6 Å². The lowest BCUT2D eigenvalue weighted by Crippen LogP contribution is -2.27. The molecule has 1 aliphatic rings. The Balaban J connectivity index is 1.95. The molecular weight excluding hydrogens is 322 g/mol. The van der Waals surface area contributed by atoms with Gasteiger partial charge in [0.05, 0.1) is 0 Å². The number of hydrogen-bond donors (Lipinski definition) is 1. The van der Waals surface area contributed by atoms with E-state index in [1.165, 1.54) is 18.4 Å². The smallest absolute Gasteiger partial charge is 0.344 e. The van der Waals surface area contributed by atoms with Crippen LogP contribution in [0.1, 0.15) is 38.5 Å². The van der Waals surface area contributed by atoms with Crippen molar-refractivity contribution in [1.82, 2.24) is 4.98 Å². The average molecular weight is 340 g/mol. The van der Waals surface area contributed by atoms with Crippen LogP contribution < -0.4 is 4.74 Å². The molecule has 0 saturated carbocycles. The summed E-state index contributed by atoms with van der Waals surface area (Å²) in [6, 6.07) is 3.44. The van der Waals surface area contributed by atoms with Crippen LogP contribution in [0.5, 0.6) is 5.75 Å². The fraction of sp³-hybridized carbons (Fsp3) is 0.467. The first kappa shape index (κ1) is 15.0. The van der Waals surface area contributed by atoms with E-state index in [1.807, 2.05) is 0 Å². The van der Waals surface area contributed by atoms with E-state index < -0.39 is 12.1 Å². The van der Waals surface area contributed by atoms with Crippen molar-refractivity contribution < 1.29 is 14.6 Å². The number of carbonyl (C=O) groups is 1. The molecule has 0 fully saturated rings. The van der Waals surface area contributed by atoms with Gasteiger partial charge < -0.3 is 9.84 Å². The molecule has 0 amide bonds. The first-order valence-electron chi connectivity index (χ1n) is 6.84. The first-order chi connectivity index (χ1) is 9.66. The van der Waals surface area contributed by atoms with E-state index in [4.69, 9.17) is 4.74 Å². The number of carboxylic acid groups (broad SMARTS) is 1. The van der Waals surface area contributed by atoms with Gasteiger partial charge in [-0.1, -0.05) is 11.6 Å². The van der Waals surface area contributed by atoms with Gasteiger partial charge in [-0.05, 0) is 66.6 Å². The molecule has 0 bridgehead atoms. The van der Waals surface area contributed by atoms with Gasteiger partial charge in [0.15, 0.2) is 11.9 Å². The Bertz CT molecular complexity index is 502. The summed E-state index contributed by atoms with van der Waals surface area (Å²) < 4.78 is 6.09. The Morgan fingerprint density at radius 3 is 3.00 bits per heavy atom. The maximum Gasteiger partial charge on any atom is 0.344 e. The van der Waals surface area contributed by atoms with Gasteiger partial charge in [-0.3, -0.25) is 0 Å². The first-order valence-corrected chi connectivity index (χ1v) is 7.64. The number of halogens is 1. The van der Waals surface area contributed by atoms with E-state index in [2.05, 4.69) is 27.0 Å². The Hall–Kier alpha value is -1.36. The van der Waals surface area contributed by atoms with Crippen LogP contribution in [-0.2, 0) is 4.79 Å². The van der Waals surface area contributed by atoms with Gasteiger partial charge in [0.2, 0.25) is 0 Å². The molecule has 1 aromatic heterocycles. The third-order valence-corrected chi connectivity index (χ3v) is 3.98. The summed E-state index contributed by atoms with van der Waals surface area (Å²) in [4.78, 5) is 15.3. The van der Waals surface area contributed by atoms with E-state index in [-0.39, 0.29) is 0 Å². The van der Waals surface area contributed by atoms with Crippen LogP contribution in [0.2, 0.25) is 0 Å². The summed E-state index contributed by atoms with van der Waals surface area (Å²) in [6.45, 7) is 0. The van der Waals surface area contributed by atoms with Gasteiger partial charge in [0.25, 0.3) is 0 Å². The van der Waals surface area contributed by atoms with Crippen molar-refractivity contribution in [2.45, 2.75) is 44.6 Å². The number of carboxylic acids is 1. The number of aliphatic carboxylic acids is 1. The average Bonchev–Trinajstić information content (AvgIpc) is 2.46. The second kappa shape index (κ2) is 7.43. The molecule has 4 nitrogen and oxygen atoms in total. The highest BCUT2D eigenvalue weighted by atomic mass is 79.9. The van der Waals surface area contributed by atoms with Crippen molar-refractivity contribution in [2.75, 3.05) is 0 Å². The minimum absolute atomic E-state index is 0.470. The number of aromatic nitrogens is 1. The van der Waals surface area contributed by atoms with Gasteiger partial charge in [-0.25, -0.2) is 9.78 Å². The number of hydrogen-bond acceptors (Lipinski definition) is 3. The molecule has 1 N–H and O–H groups in total. The van der Waals surface area contributed by atoms with Gasteiger partial charge in [0, 0.05) is 6.20 Å². The molecule has 0 saturated heterocycles. The number of pyridine rings is 1. The summed E-state index contributed by atoms with van der Waals surface area (Å²) in [7, 11) is 0. The van der Waals surface area contributed by atoms with Crippen molar-refractivity contribution >= 4 is 21.9 Å². The van der Waals surface area contributed by atoms with E-state index in [0.29, 0.717) is 16.8 Å². The van der Waals surface area contributed by atoms with E-state index in [9.17, 15) is 9.90 Å². The standard InChI is InChI=1S/C15H18BrNO3/c16-14-12(7-4-10-17-14)20-13(15(18)19)9-8-11-5-2-1-3-6-11/h4-5,7,10,13H,1-3,6,8-9H2,(H,18,19). The van der Waals surface area contributed by atoms with Crippen LogP contribution >= 0.6 is 15.9 Å². The summed E-state index contributed by atoms with van der Waals surface area (Å²) >= 11 is 3.26. The number of rotatable bonds is 6. The number of ether oxygens (including phenoxy) is 1. The Morgan fingerprint density at radius 2 is 2.35 bits per heavy atom. The topological polar surface area (TPSA) is 59.4 Å². The highest BCUT2D eigenvalue weighted by Gasteiger charge is 2.21. The van der Waals surface area contributed by atoms with Crippen LogP contribution in [0, 0.1) is 0 Å². The molecule has 5 heteroatoms. The third-order valence-electron chi connectivity index (χ3n) is 3.38. The molecular formula is C15H18BrNO3. The Kier molecular flexibility index (Phi) is 5.59. The molecule has 108 valence electrons. The molecule has 0 radical (unpaired) electrons. The van der Waals surface area contributed by atoms with Crippen molar-refractivity contribution in [3.05, 3.63) is 34.6 Å². The maximum atomic E-state index is 11.3. The lowest BCUT2D eigenvalue weighted by atomic mass is 9.95. The van der Waals surface area contributed by atoms with Gasteiger partial charge in [0.1, 0.15) is 4.60 Å². The van der Waals surface area contributed by atoms with Crippen LogP contribution in [-0.4, -0.2) is 22.2 Å². The number of allylic oxidation sites excluding steroid dienone is 2. The maximum absolute atomic E-state index is 11.3. The summed E-state index contributed by atoms with van der Waals surface area (Å²) in [5.74, 6) is -0.463. The molecule has 1 aromatic rings. The monoisotopic (exact) mass is 339 g/mol. The van der Waals surface area contributed by atoms with Crippen molar-refractivity contribution in [1.29, 1.82) is 0 Å². The quantitative estimate of drug-likeness (QED) is 0.629. The third kappa shape index (κ3) is 4.34. The summed E-state index contributed by atoms with van der Waals surface area (Å²) in [5.41, 5.74) is 1.36. The molecule has 20 heavy (non-hydrogen) atoms. The van der Waals surface area contributed by atoms with Gasteiger partial charge in [-0.15, -0.1) is 0 Å². The Labute approximate surface area is 127 Å². The minimum atomic E-state index is -0.933. The minimum Gasteiger partial charge on any atom is -0.479 e. The zero-order valence-electron chi connectivity index (χ0n) is 11.2. The fourth-order valence-corrected chi connectivity index (χ4v) is 2.64. The molecule has 1 heterocycles. The van der Waals surface area contributed by atoms with Gasteiger partial charge >= 0.3 is 5.97 Å². The van der Waals surface area contributed by atoms with Crippen molar-refractivity contribution in [3.8, 4) is 5.75 Å². The number of nitrogens with zero attached hydrogens (tertiary/aromatic N) is 1. The second-order valence-corrected chi connectivity index (χ2v) is 5.64. The largest absolute Gasteiger partial charge is 0.479 e. The molecule has 1 unspecified atom stereocenters. The zero-order chi connectivity index (χ0) is 14.4. The van der Waals surface area contributed by atoms with Crippen LogP contribution in [0.3, 0.4) is 0 Å². The lowest BCUT2D eigenvalue weighted by molar-refractivity contribution is -0.145. The van der Waals surface area contributed by atoms with Gasteiger partial charge in [-0.2, -0.15) is 0 Å². The normalized spacial score (nSPS) is 16.4. The highest BCUT2D eigenvalue weighted by Crippen LogP contribution is 2.26. The zero-order valence-corrected chi connectivity index (χ0v) is 12.8. The molecule has 0 aliphatic heterocycles. The predicted octanol–water partition coefficient (Wildman–Crippen LogP) is 3.96. The molecule has 1 atom stereocenters. The van der Waals surface area contributed by atoms with E-state index in [1.54, 1.807) is 18.3 Å². The molecule has 2 rings (SSSR count). The molecule has 0 aromatic carbocycles. The molecule has 1 aliphatic carbocycles. The fourth-order valence-electron chi connectivity index (χ4n) is 2.29. The predicted molar refractivity (Wildman–Crippen MR) is 79.8 cm³/mol.